The van der Waals surface area contributed by atoms with Crippen molar-refractivity contribution in [2.24, 2.45) is 0 Å². The van der Waals surface area contributed by atoms with Crippen LogP contribution in [0.2, 0.25) is 10.0 Å². The zero-order chi connectivity index (χ0) is 32.1. The molecule has 0 unspecified atom stereocenters. The smallest absolute Gasteiger partial charge is 0.196 e. The molecule has 0 atom stereocenters. The minimum Gasteiger partial charge on any atom is -0.488 e. The first-order chi connectivity index (χ1) is 22.9. The topological polar surface area (TPSA) is 52.6 Å². The van der Waals surface area contributed by atoms with Gasteiger partial charge in [0.1, 0.15) is 24.7 Å². The Kier molecular flexibility index (Phi) is 7.40. The van der Waals surface area contributed by atoms with Gasteiger partial charge in [0.2, 0.25) is 0 Å². The van der Waals surface area contributed by atoms with E-state index in [1.807, 2.05) is 97.1 Å². The molecule has 0 saturated heterocycles. The van der Waals surface area contributed by atoms with E-state index >= 15 is 0 Å². The molecule has 0 spiro atoms. The van der Waals surface area contributed by atoms with Crippen LogP contribution in [0.1, 0.15) is 43.0 Å². The third-order valence-electron chi connectivity index (χ3n) is 8.80. The average molecular weight is 654 g/mol. The molecule has 228 valence electrons. The highest BCUT2D eigenvalue weighted by atomic mass is 35.5. The first kappa shape index (κ1) is 29.3. The third kappa shape index (κ3) is 5.40. The van der Waals surface area contributed by atoms with Gasteiger partial charge in [-0.3, -0.25) is 9.59 Å². The van der Waals surface area contributed by atoms with Crippen molar-refractivity contribution >= 4 is 68.5 Å². The fourth-order valence-corrected chi connectivity index (χ4v) is 6.77. The number of ether oxygens (including phenoxy) is 2. The number of fused-ring (bicyclic) bond motifs is 4. The number of halogens is 2. The zero-order valence-corrected chi connectivity index (χ0v) is 26.6. The SMILES string of the molecule is O=C1/C(=C/c2ccc(Cl)cc2)COc2c1cc1ccccc1c2Cc1c2c(cc3ccccc13)C(=O)/C(=C/c1ccc(Cl)cc1)CO2. The van der Waals surface area contributed by atoms with Crippen LogP contribution in [0.15, 0.2) is 120 Å². The van der Waals surface area contributed by atoms with E-state index in [-0.39, 0.29) is 24.8 Å². The fraction of sp³-hybridized carbons (Fsp3) is 0.0732. The van der Waals surface area contributed by atoms with E-state index in [0.717, 1.165) is 43.8 Å². The van der Waals surface area contributed by atoms with Crippen LogP contribution < -0.4 is 9.47 Å². The normalized spacial score (nSPS) is 15.9. The van der Waals surface area contributed by atoms with Gasteiger partial charge in [0, 0.05) is 38.7 Å². The lowest BCUT2D eigenvalue weighted by Gasteiger charge is -2.26. The molecular formula is C41H26Cl2O4. The van der Waals surface area contributed by atoms with Crippen LogP contribution in [0.4, 0.5) is 0 Å². The van der Waals surface area contributed by atoms with Gasteiger partial charge in [0.25, 0.3) is 0 Å². The Morgan fingerprint density at radius 1 is 0.553 bits per heavy atom. The van der Waals surface area contributed by atoms with Gasteiger partial charge in [-0.15, -0.1) is 0 Å². The van der Waals surface area contributed by atoms with Crippen molar-refractivity contribution in [3.63, 3.8) is 0 Å². The van der Waals surface area contributed by atoms with Crippen molar-refractivity contribution in [2.45, 2.75) is 6.42 Å². The van der Waals surface area contributed by atoms with E-state index in [1.165, 1.54) is 0 Å². The lowest BCUT2D eigenvalue weighted by atomic mass is 9.86. The standard InChI is InChI=1S/C41H26Cl2O4/c42-30-13-9-24(10-14-30)17-28-22-46-40-34(32-7-3-1-5-26(32)19-36(40)38(28)44)21-35-33-8-4-2-6-27(33)20-37-39(45)29(23-47-41(35)37)18-25-11-15-31(43)16-12-25/h1-20H,21-23H2/b28-17+,29-18+. The molecular weight excluding hydrogens is 627 g/mol. The molecule has 0 aromatic heterocycles. The Morgan fingerprint density at radius 2 is 0.957 bits per heavy atom. The maximum Gasteiger partial charge on any atom is 0.196 e. The molecule has 6 aromatic rings. The second kappa shape index (κ2) is 11.9. The van der Waals surface area contributed by atoms with E-state index in [4.69, 9.17) is 32.7 Å². The molecule has 0 fully saturated rings. The summed E-state index contributed by atoms with van der Waals surface area (Å²) in [5, 5.41) is 5.10. The maximum atomic E-state index is 14.0. The summed E-state index contributed by atoms with van der Waals surface area (Å²) in [5.74, 6) is 0.983. The predicted molar refractivity (Wildman–Crippen MR) is 189 cm³/mol. The fourth-order valence-electron chi connectivity index (χ4n) is 6.51. The van der Waals surface area contributed by atoms with Crippen LogP contribution in [0.3, 0.4) is 0 Å². The quantitative estimate of drug-likeness (QED) is 0.178. The number of ketones is 2. The zero-order valence-electron chi connectivity index (χ0n) is 25.1. The Labute approximate surface area is 281 Å². The van der Waals surface area contributed by atoms with Crippen molar-refractivity contribution in [3.8, 4) is 11.5 Å². The van der Waals surface area contributed by atoms with Crippen LogP contribution >= 0.6 is 23.2 Å². The molecule has 0 saturated carbocycles. The van der Waals surface area contributed by atoms with Crippen molar-refractivity contribution in [2.75, 3.05) is 13.2 Å². The third-order valence-corrected chi connectivity index (χ3v) is 9.30. The van der Waals surface area contributed by atoms with Crippen molar-refractivity contribution < 1.29 is 19.1 Å². The molecule has 0 bridgehead atoms. The number of hydrogen-bond donors (Lipinski definition) is 0. The number of rotatable bonds is 4. The summed E-state index contributed by atoms with van der Waals surface area (Å²) >= 11 is 12.2. The number of benzene rings is 6. The van der Waals surface area contributed by atoms with Crippen molar-refractivity contribution in [1.82, 2.24) is 0 Å². The van der Waals surface area contributed by atoms with Gasteiger partial charge in [0.15, 0.2) is 11.6 Å². The summed E-state index contributed by atoms with van der Waals surface area (Å²) < 4.78 is 12.9. The highest BCUT2D eigenvalue weighted by Gasteiger charge is 2.31. The number of carbonyl (C=O) groups is 2. The summed E-state index contributed by atoms with van der Waals surface area (Å²) in [4.78, 5) is 27.9. The molecule has 4 nitrogen and oxygen atoms in total. The van der Waals surface area contributed by atoms with Gasteiger partial charge < -0.3 is 9.47 Å². The van der Waals surface area contributed by atoms with Crippen LogP contribution in [0.25, 0.3) is 33.7 Å². The molecule has 6 aromatic carbocycles. The van der Waals surface area contributed by atoms with Gasteiger partial charge in [-0.05, 0) is 81.2 Å². The largest absolute Gasteiger partial charge is 0.488 e. The Morgan fingerprint density at radius 3 is 1.38 bits per heavy atom. The van der Waals surface area contributed by atoms with Gasteiger partial charge >= 0.3 is 0 Å². The average Bonchev–Trinajstić information content (AvgIpc) is 3.09. The van der Waals surface area contributed by atoms with E-state index < -0.39 is 0 Å². The lowest BCUT2D eigenvalue weighted by Crippen LogP contribution is -2.22. The minimum absolute atomic E-state index is 0.0726. The van der Waals surface area contributed by atoms with Crippen LogP contribution in [0, 0.1) is 0 Å². The molecule has 6 heteroatoms. The summed E-state index contributed by atoms with van der Waals surface area (Å²) in [7, 11) is 0. The van der Waals surface area contributed by atoms with Crippen LogP contribution in [-0.2, 0) is 6.42 Å². The van der Waals surface area contributed by atoms with E-state index in [9.17, 15) is 9.59 Å². The van der Waals surface area contributed by atoms with E-state index in [1.54, 1.807) is 24.3 Å². The molecule has 0 amide bonds. The monoisotopic (exact) mass is 652 g/mol. The Balaban J connectivity index is 1.26. The van der Waals surface area contributed by atoms with Gasteiger partial charge in [-0.1, -0.05) is 96.0 Å². The Bertz CT molecular complexity index is 2150. The lowest BCUT2D eigenvalue weighted by molar-refractivity contribution is 0.0993. The molecule has 47 heavy (non-hydrogen) atoms. The van der Waals surface area contributed by atoms with Crippen molar-refractivity contribution in [1.29, 1.82) is 0 Å². The van der Waals surface area contributed by atoms with Crippen LogP contribution in [0.5, 0.6) is 11.5 Å². The first-order valence-corrected chi connectivity index (χ1v) is 16.0. The second-order valence-corrected chi connectivity index (χ2v) is 12.6. The number of carbonyl (C=O) groups excluding carboxylic acids is 2. The summed E-state index contributed by atoms with van der Waals surface area (Å²) in [6.07, 6.45) is 4.11. The summed E-state index contributed by atoms with van der Waals surface area (Å²) in [6, 6.07) is 34.6. The molecule has 0 aliphatic carbocycles. The number of Topliss-reactive ketones (excluding diaryl/α,β-unsaturated/α-hetero) is 2. The summed E-state index contributed by atoms with van der Waals surface area (Å²) in [6.45, 7) is 0.280. The Hall–Kier alpha value is -5.16. The van der Waals surface area contributed by atoms with Gasteiger partial charge in [0.05, 0.1) is 11.1 Å². The minimum atomic E-state index is -0.0726. The van der Waals surface area contributed by atoms with Gasteiger partial charge in [-0.25, -0.2) is 0 Å². The molecule has 2 aliphatic heterocycles. The highest BCUT2D eigenvalue weighted by Crippen LogP contribution is 2.43. The van der Waals surface area contributed by atoms with Crippen LogP contribution in [-0.4, -0.2) is 24.8 Å². The van der Waals surface area contributed by atoms with Crippen molar-refractivity contribution in [3.05, 3.63) is 164 Å². The maximum absolute atomic E-state index is 14.0. The molecule has 0 radical (unpaired) electrons. The van der Waals surface area contributed by atoms with E-state index in [0.29, 0.717) is 50.2 Å². The first-order valence-electron chi connectivity index (χ1n) is 15.3. The number of hydrogen-bond acceptors (Lipinski definition) is 4. The molecule has 8 rings (SSSR count). The summed E-state index contributed by atoms with van der Waals surface area (Å²) in [5.41, 5.74) is 5.69. The molecule has 2 heterocycles. The second-order valence-electron chi connectivity index (χ2n) is 11.8. The molecule has 2 aliphatic rings. The highest BCUT2D eigenvalue weighted by molar-refractivity contribution is 6.31. The predicted octanol–water partition coefficient (Wildman–Crippen LogP) is 10.2. The van der Waals surface area contributed by atoms with E-state index in [2.05, 4.69) is 0 Å². The molecule has 0 N–H and O–H groups in total. The van der Waals surface area contributed by atoms with Gasteiger partial charge in [-0.2, -0.15) is 0 Å².